The van der Waals surface area contributed by atoms with Gasteiger partial charge in [-0.2, -0.15) is 0 Å². The molecule has 4 aliphatic rings. The topological polar surface area (TPSA) is 91.6 Å². The van der Waals surface area contributed by atoms with Crippen LogP contribution in [0.15, 0.2) is 23.0 Å². The summed E-state index contributed by atoms with van der Waals surface area (Å²) in [5, 5.41) is 5.14. The number of benzene rings is 1. The highest BCUT2D eigenvalue weighted by molar-refractivity contribution is 6.00. The van der Waals surface area contributed by atoms with Gasteiger partial charge in [-0.15, -0.1) is 0 Å². The van der Waals surface area contributed by atoms with E-state index >= 15 is 0 Å². The molecule has 0 bridgehead atoms. The quantitative estimate of drug-likeness (QED) is 0.614. The Balaban J connectivity index is 1.16. The Morgan fingerprint density at radius 3 is 2.47 bits per heavy atom. The number of imidazole rings is 1. The number of nitrogens with one attached hydrogen (secondary N) is 2. The maximum absolute atomic E-state index is 14.4. The van der Waals surface area contributed by atoms with Gasteiger partial charge in [0.2, 0.25) is 11.8 Å². The van der Waals surface area contributed by atoms with Crippen LogP contribution in [0.4, 0.5) is 14.5 Å². The molecule has 5 heterocycles. The van der Waals surface area contributed by atoms with Crippen LogP contribution in [-0.4, -0.2) is 77.1 Å². The Morgan fingerprint density at radius 1 is 1.03 bits per heavy atom. The van der Waals surface area contributed by atoms with Gasteiger partial charge in [0.05, 0.1) is 23.6 Å². The Morgan fingerprint density at radius 2 is 1.78 bits per heavy atom. The van der Waals surface area contributed by atoms with Crippen molar-refractivity contribution in [1.82, 2.24) is 24.7 Å². The van der Waals surface area contributed by atoms with Crippen molar-refractivity contribution in [2.75, 3.05) is 44.2 Å². The second kappa shape index (κ2) is 8.37. The Bertz CT molecular complexity index is 1270. The van der Waals surface area contributed by atoms with Gasteiger partial charge >= 0.3 is 5.69 Å². The monoisotopic (exact) mass is 502 g/mol. The highest BCUT2D eigenvalue weighted by atomic mass is 19.3. The Labute approximate surface area is 207 Å². The molecule has 4 aliphatic heterocycles. The van der Waals surface area contributed by atoms with Gasteiger partial charge in [0.15, 0.2) is 0 Å². The molecule has 6 rings (SSSR count). The third-order valence-corrected chi connectivity index (χ3v) is 8.74. The third-order valence-electron chi connectivity index (χ3n) is 8.74. The number of aromatic nitrogens is 2. The van der Waals surface area contributed by atoms with Crippen molar-refractivity contribution < 1.29 is 18.4 Å². The van der Waals surface area contributed by atoms with E-state index in [1.165, 1.54) is 4.57 Å². The van der Waals surface area contributed by atoms with E-state index in [1.54, 1.807) is 11.6 Å². The smallest absolute Gasteiger partial charge is 0.329 e. The van der Waals surface area contributed by atoms with Gasteiger partial charge in [-0.1, -0.05) is 0 Å². The van der Waals surface area contributed by atoms with Crippen LogP contribution in [-0.2, 0) is 16.6 Å². The van der Waals surface area contributed by atoms with Crippen LogP contribution in [0.3, 0.4) is 0 Å². The first kappa shape index (κ1) is 23.6. The first-order valence-electron chi connectivity index (χ1n) is 12.8. The van der Waals surface area contributed by atoms with E-state index in [4.69, 9.17) is 0 Å². The fourth-order valence-corrected chi connectivity index (χ4v) is 6.64. The summed E-state index contributed by atoms with van der Waals surface area (Å²) in [4.78, 5) is 41.3. The molecule has 0 aliphatic carbocycles. The molecule has 1 aromatic carbocycles. The summed E-state index contributed by atoms with van der Waals surface area (Å²) in [5.41, 5.74) is 2.26. The van der Waals surface area contributed by atoms with E-state index in [9.17, 15) is 23.2 Å². The van der Waals surface area contributed by atoms with E-state index in [2.05, 4.69) is 15.5 Å². The van der Waals surface area contributed by atoms with Crippen LogP contribution in [0.1, 0.15) is 38.1 Å². The molecule has 0 radical (unpaired) electrons. The minimum atomic E-state index is -2.67. The number of carbonyl (C=O) groups is 2. The summed E-state index contributed by atoms with van der Waals surface area (Å²) in [6, 6.07) is 4.49. The lowest BCUT2D eigenvalue weighted by molar-refractivity contribution is -0.150. The first-order chi connectivity index (χ1) is 17.2. The molecule has 2 N–H and O–H groups in total. The SMILES string of the molecule is Cn1c(=O)n(C2CCC(=O)NC2=O)c2ccc(N3CCC4(CC3)CN(C3CCNCC3(F)F)C4)cc21. The number of piperidine rings is 3. The minimum absolute atomic E-state index is 0.115. The zero-order valence-electron chi connectivity index (χ0n) is 20.4. The zero-order valence-corrected chi connectivity index (χ0v) is 20.4. The van der Waals surface area contributed by atoms with E-state index < -0.39 is 23.9 Å². The first-order valence-corrected chi connectivity index (χ1v) is 12.8. The van der Waals surface area contributed by atoms with Crippen molar-refractivity contribution in [2.24, 2.45) is 12.5 Å². The molecular weight excluding hydrogens is 470 g/mol. The average Bonchev–Trinajstić information content (AvgIpc) is 3.07. The van der Waals surface area contributed by atoms with Gasteiger partial charge in [-0.25, -0.2) is 13.6 Å². The number of amides is 2. The number of alkyl halides is 2. The van der Waals surface area contributed by atoms with Crippen molar-refractivity contribution in [1.29, 1.82) is 0 Å². The third kappa shape index (κ3) is 3.75. The molecule has 11 heteroatoms. The molecule has 2 amide bonds. The normalized spacial score (nSPS) is 28.4. The summed E-state index contributed by atoms with van der Waals surface area (Å²) >= 11 is 0. The van der Waals surface area contributed by atoms with Gasteiger partial charge in [-0.3, -0.25) is 28.9 Å². The number of hydrogen-bond donors (Lipinski definition) is 2. The molecule has 2 aromatic rings. The highest BCUT2D eigenvalue weighted by Gasteiger charge is 2.53. The minimum Gasteiger partial charge on any atom is -0.371 e. The fourth-order valence-electron chi connectivity index (χ4n) is 6.64. The van der Waals surface area contributed by atoms with Crippen LogP contribution in [0, 0.1) is 5.41 Å². The van der Waals surface area contributed by atoms with Crippen molar-refractivity contribution in [3.8, 4) is 0 Å². The van der Waals surface area contributed by atoms with Crippen molar-refractivity contribution in [3.63, 3.8) is 0 Å². The molecule has 0 saturated carbocycles. The largest absolute Gasteiger partial charge is 0.371 e. The summed E-state index contributed by atoms with van der Waals surface area (Å²) in [5.74, 6) is -3.42. The second-order valence-electron chi connectivity index (χ2n) is 11.0. The zero-order chi connectivity index (χ0) is 25.2. The molecule has 2 atom stereocenters. The van der Waals surface area contributed by atoms with Crippen LogP contribution in [0.5, 0.6) is 0 Å². The van der Waals surface area contributed by atoms with E-state index in [0.29, 0.717) is 24.9 Å². The van der Waals surface area contributed by atoms with Crippen molar-refractivity contribution in [2.45, 2.75) is 50.1 Å². The van der Waals surface area contributed by atoms with Gasteiger partial charge in [0, 0.05) is 45.3 Å². The Kier molecular flexibility index (Phi) is 5.49. The predicted octanol–water partition coefficient (Wildman–Crippen LogP) is 1.22. The standard InChI is InChI=1S/C25H32F2N6O3/c1-30-19-12-16(2-3-17(19)33(23(30)36)18-4-5-21(34)29-22(18)35)31-10-7-24(8-11-31)14-32(15-24)20-6-9-28-13-25(20,26)27/h2-3,12,18,20,28H,4-11,13-15H2,1H3,(H,29,34,35). The van der Waals surface area contributed by atoms with Gasteiger partial charge in [-0.05, 0) is 55.8 Å². The number of carbonyl (C=O) groups excluding carboxylic acids is 2. The maximum atomic E-state index is 14.4. The number of nitrogens with zero attached hydrogens (tertiary/aromatic N) is 4. The van der Waals surface area contributed by atoms with Crippen molar-refractivity contribution in [3.05, 3.63) is 28.7 Å². The lowest BCUT2D eigenvalue weighted by atomic mass is 9.70. The summed E-state index contributed by atoms with van der Waals surface area (Å²) in [6.45, 7) is 3.57. The summed E-state index contributed by atoms with van der Waals surface area (Å²) in [7, 11) is 1.70. The van der Waals surface area contributed by atoms with E-state index in [1.807, 2.05) is 23.1 Å². The van der Waals surface area contributed by atoms with Crippen LogP contribution in [0.2, 0.25) is 0 Å². The maximum Gasteiger partial charge on any atom is 0.329 e. The Hall–Kier alpha value is -2.79. The molecule has 1 aromatic heterocycles. The fraction of sp³-hybridized carbons (Fsp3) is 0.640. The molecule has 36 heavy (non-hydrogen) atoms. The molecule has 4 saturated heterocycles. The number of rotatable bonds is 3. The lowest BCUT2D eigenvalue weighted by Gasteiger charge is -2.58. The number of hydrogen-bond acceptors (Lipinski definition) is 6. The molecule has 2 unspecified atom stereocenters. The van der Waals surface area contributed by atoms with Crippen LogP contribution < -0.4 is 21.2 Å². The van der Waals surface area contributed by atoms with Gasteiger partial charge in [0.25, 0.3) is 5.92 Å². The highest BCUT2D eigenvalue weighted by Crippen LogP contribution is 2.45. The molecule has 194 valence electrons. The van der Waals surface area contributed by atoms with Gasteiger partial charge in [0.1, 0.15) is 6.04 Å². The summed E-state index contributed by atoms with van der Waals surface area (Å²) in [6.07, 6.45) is 2.91. The van der Waals surface area contributed by atoms with Crippen LogP contribution in [0.25, 0.3) is 11.0 Å². The molecule has 9 nitrogen and oxygen atoms in total. The van der Waals surface area contributed by atoms with E-state index in [-0.39, 0.29) is 30.0 Å². The number of halogens is 2. The number of imide groups is 1. The number of fused-ring (bicyclic) bond motifs is 1. The predicted molar refractivity (Wildman–Crippen MR) is 130 cm³/mol. The van der Waals surface area contributed by atoms with E-state index in [0.717, 1.165) is 50.2 Å². The number of likely N-dealkylation sites (tertiary alicyclic amines) is 1. The number of anilines is 1. The molecule has 4 fully saturated rings. The summed E-state index contributed by atoms with van der Waals surface area (Å²) < 4.78 is 31.7. The molecule has 1 spiro atoms. The number of aryl methyl sites for hydroxylation is 1. The van der Waals surface area contributed by atoms with Gasteiger partial charge < -0.3 is 10.2 Å². The lowest BCUT2D eigenvalue weighted by Crippen LogP contribution is -2.68. The molecular formula is C25H32F2N6O3. The second-order valence-corrected chi connectivity index (χ2v) is 11.0. The van der Waals surface area contributed by atoms with Crippen molar-refractivity contribution >= 4 is 28.5 Å². The van der Waals surface area contributed by atoms with Crippen LogP contribution >= 0.6 is 0 Å². The average molecular weight is 503 g/mol.